The summed E-state index contributed by atoms with van der Waals surface area (Å²) in [7, 11) is 0. The highest BCUT2D eigenvalue weighted by atomic mass is 32.1. The minimum Gasteiger partial charge on any atom is -0.480 e. The third kappa shape index (κ3) is 9.99. The van der Waals surface area contributed by atoms with Gasteiger partial charge in [0, 0.05) is 18.0 Å². The molecule has 1 aromatic heterocycles. The average Bonchev–Trinajstić information content (AvgIpc) is 3.55. The zero-order chi connectivity index (χ0) is 29.7. The summed E-state index contributed by atoms with van der Waals surface area (Å²) in [6, 6.07) is 6.97. The van der Waals surface area contributed by atoms with Crippen LogP contribution in [0.1, 0.15) is 73.2 Å². The Balaban J connectivity index is 1.52. The molecule has 2 fully saturated rings. The molecule has 228 valence electrons. The van der Waals surface area contributed by atoms with Crippen molar-refractivity contribution in [2.24, 2.45) is 11.8 Å². The molecule has 1 saturated carbocycles. The summed E-state index contributed by atoms with van der Waals surface area (Å²) < 4.78 is 0. The largest absolute Gasteiger partial charge is 0.480 e. The van der Waals surface area contributed by atoms with E-state index in [2.05, 4.69) is 26.3 Å². The summed E-state index contributed by atoms with van der Waals surface area (Å²) in [6.45, 7) is 1.39. The van der Waals surface area contributed by atoms with E-state index >= 15 is 0 Å². The minimum absolute atomic E-state index is 0.222. The van der Waals surface area contributed by atoms with Crippen LogP contribution >= 0.6 is 11.3 Å². The van der Waals surface area contributed by atoms with Gasteiger partial charge in [0.15, 0.2) is 5.01 Å². The Hall–Kier alpha value is -3.15. The summed E-state index contributed by atoms with van der Waals surface area (Å²) in [6.07, 6.45) is 10.0. The van der Waals surface area contributed by atoms with Gasteiger partial charge in [0.1, 0.15) is 6.04 Å². The number of carboxylic acids is 1. The summed E-state index contributed by atoms with van der Waals surface area (Å²) in [4.78, 5) is 56.5. The smallest absolute Gasteiger partial charge is 0.317 e. The molecule has 2 aromatic rings. The number of aromatic nitrogens is 1. The van der Waals surface area contributed by atoms with Gasteiger partial charge >= 0.3 is 5.97 Å². The molecule has 1 saturated heterocycles. The van der Waals surface area contributed by atoms with Crippen molar-refractivity contribution in [3.05, 3.63) is 52.5 Å². The van der Waals surface area contributed by atoms with Gasteiger partial charge in [-0.05, 0) is 56.2 Å². The van der Waals surface area contributed by atoms with Crippen molar-refractivity contribution in [2.75, 3.05) is 19.6 Å². The van der Waals surface area contributed by atoms with E-state index in [0.717, 1.165) is 57.2 Å². The highest BCUT2D eigenvalue weighted by Gasteiger charge is 2.33. The van der Waals surface area contributed by atoms with Crippen LogP contribution < -0.4 is 21.3 Å². The normalized spacial score (nSPS) is 18.5. The van der Waals surface area contributed by atoms with Crippen molar-refractivity contribution in [1.29, 1.82) is 0 Å². The molecule has 5 N–H and O–H groups in total. The van der Waals surface area contributed by atoms with Crippen LogP contribution in [0.2, 0.25) is 0 Å². The van der Waals surface area contributed by atoms with Crippen LogP contribution in [0.3, 0.4) is 0 Å². The number of aliphatic carboxylic acids is 1. The van der Waals surface area contributed by atoms with E-state index in [4.69, 9.17) is 0 Å². The van der Waals surface area contributed by atoms with Crippen LogP contribution in [0.4, 0.5) is 0 Å². The van der Waals surface area contributed by atoms with Gasteiger partial charge in [0.25, 0.3) is 0 Å². The average molecular weight is 598 g/mol. The first-order valence-corrected chi connectivity index (χ1v) is 16.0. The summed E-state index contributed by atoms with van der Waals surface area (Å²) >= 11 is 1.25. The highest BCUT2D eigenvalue weighted by Crippen LogP contribution is 2.27. The predicted octanol–water partition coefficient (Wildman–Crippen LogP) is 2.94. The Morgan fingerprint density at radius 1 is 0.881 bits per heavy atom. The van der Waals surface area contributed by atoms with Crippen molar-refractivity contribution < 1.29 is 24.3 Å². The molecular weight excluding hydrogens is 554 g/mol. The van der Waals surface area contributed by atoms with E-state index in [0.29, 0.717) is 23.8 Å². The van der Waals surface area contributed by atoms with Gasteiger partial charge in [-0.2, -0.15) is 0 Å². The Morgan fingerprint density at radius 3 is 2.19 bits per heavy atom. The third-order valence-corrected chi connectivity index (χ3v) is 9.12. The molecule has 0 spiro atoms. The van der Waals surface area contributed by atoms with E-state index in [1.165, 1.54) is 17.8 Å². The zero-order valence-electron chi connectivity index (χ0n) is 24.1. The lowest BCUT2D eigenvalue weighted by Crippen LogP contribution is -2.56. The number of piperidine rings is 1. The lowest BCUT2D eigenvalue weighted by atomic mass is 9.84. The van der Waals surface area contributed by atoms with Gasteiger partial charge in [-0.1, -0.05) is 62.4 Å². The molecular formula is C31H43N5O5S. The van der Waals surface area contributed by atoms with E-state index in [-0.39, 0.29) is 24.7 Å². The number of amides is 2. The van der Waals surface area contributed by atoms with Gasteiger partial charge < -0.3 is 21.1 Å². The van der Waals surface area contributed by atoms with E-state index < -0.39 is 35.9 Å². The lowest BCUT2D eigenvalue weighted by Gasteiger charge is -2.29. The van der Waals surface area contributed by atoms with Crippen LogP contribution in [0.25, 0.3) is 0 Å². The van der Waals surface area contributed by atoms with Crippen molar-refractivity contribution in [3.8, 4) is 0 Å². The molecule has 0 radical (unpaired) electrons. The molecule has 4 rings (SSSR count). The first-order chi connectivity index (χ1) is 20.4. The van der Waals surface area contributed by atoms with Crippen molar-refractivity contribution >= 4 is 34.9 Å². The van der Waals surface area contributed by atoms with Crippen LogP contribution in [0.5, 0.6) is 0 Å². The number of carbonyl (C=O) groups is 4. The molecule has 2 amide bonds. The van der Waals surface area contributed by atoms with E-state index in [9.17, 15) is 24.3 Å². The molecule has 0 bridgehead atoms. The topological polar surface area (TPSA) is 150 Å². The van der Waals surface area contributed by atoms with E-state index in [1.54, 1.807) is 11.6 Å². The number of Topliss-reactive ketones (excluding diaryl/α,β-unsaturated/α-hetero) is 1. The number of ketones is 1. The van der Waals surface area contributed by atoms with Gasteiger partial charge in [-0.25, -0.2) is 4.98 Å². The number of hydrogen-bond donors (Lipinski definition) is 5. The Bertz CT molecular complexity index is 1150. The number of nitrogens with one attached hydrogen (secondary N) is 4. The molecule has 1 aliphatic carbocycles. The van der Waals surface area contributed by atoms with Crippen molar-refractivity contribution in [2.45, 2.75) is 82.3 Å². The summed E-state index contributed by atoms with van der Waals surface area (Å²) in [5, 5.41) is 23.5. The SMILES string of the molecule is O=C(O)CN[C@H](CC1CCCCC1)C(=O)N[C@@H](Cc1ccccc1)C(=O)NC(CC1CCNCC1)C(=O)c1nccs1. The predicted molar refractivity (Wildman–Crippen MR) is 161 cm³/mol. The maximum Gasteiger partial charge on any atom is 0.317 e. The third-order valence-electron chi connectivity index (χ3n) is 8.33. The van der Waals surface area contributed by atoms with Crippen molar-refractivity contribution in [3.63, 3.8) is 0 Å². The maximum absolute atomic E-state index is 13.9. The van der Waals surface area contributed by atoms with Gasteiger partial charge in [-0.3, -0.25) is 24.5 Å². The number of thiazole rings is 1. The standard InChI is InChI=1S/C31H43N5O5S/c37-27(38)20-34-25(18-21-7-3-1-4-8-21)29(40)36-26(19-22-9-5-2-6-10-22)30(41)35-24(17-23-11-13-32-14-12-23)28(39)31-33-15-16-42-31/h2,5-6,9-10,15-16,21,23-26,32,34H,1,3-4,7-8,11-14,17-20H2,(H,35,41)(H,36,40)(H,37,38)/t24?,25-,26+/m1/s1. The first-order valence-electron chi connectivity index (χ1n) is 15.1. The van der Waals surface area contributed by atoms with Crippen molar-refractivity contribution in [1.82, 2.24) is 26.3 Å². The van der Waals surface area contributed by atoms with E-state index in [1.807, 2.05) is 30.3 Å². The number of rotatable bonds is 15. The molecule has 11 heteroatoms. The number of nitrogens with zero attached hydrogens (tertiary/aromatic N) is 1. The second-order valence-electron chi connectivity index (χ2n) is 11.5. The fourth-order valence-corrected chi connectivity index (χ4v) is 6.66. The molecule has 1 unspecified atom stereocenters. The molecule has 10 nitrogen and oxygen atoms in total. The molecule has 2 aliphatic rings. The van der Waals surface area contributed by atoms with Gasteiger partial charge in [0.05, 0.1) is 18.6 Å². The Labute approximate surface area is 251 Å². The molecule has 3 atom stereocenters. The van der Waals surface area contributed by atoms with Crippen LogP contribution in [0.15, 0.2) is 41.9 Å². The maximum atomic E-state index is 13.9. The second-order valence-corrected chi connectivity index (χ2v) is 12.4. The summed E-state index contributed by atoms with van der Waals surface area (Å²) in [5.74, 6) is -1.51. The minimum atomic E-state index is -1.04. The Kier molecular flexibility index (Phi) is 12.5. The second kappa shape index (κ2) is 16.5. The quantitative estimate of drug-likeness (QED) is 0.197. The number of carbonyl (C=O) groups excluding carboxylic acids is 3. The van der Waals surface area contributed by atoms with Crippen LogP contribution in [-0.2, 0) is 20.8 Å². The Morgan fingerprint density at radius 2 is 1.52 bits per heavy atom. The fourth-order valence-electron chi connectivity index (χ4n) is 6.03. The van der Waals surface area contributed by atoms with Gasteiger partial charge in [-0.15, -0.1) is 11.3 Å². The monoisotopic (exact) mass is 597 g/mol. The van der Waals surface area contributed by atoms with Crippen LogP contribution in [-0.4, -0.2) is 71.4 Å². The van der Waals surface area contributed by atoms with Crippen LogP contribution in [0, 0.1) is 11.8 Å². The fraction of sp³-hybridized carbons (Fsp3) is 0.581. The highest BCUT2D eigenvalue weighted by molar-refractivity contribution is 7.11. The first kappa shape index (κ1) is 31.8. The lowest BCUT2D eigenvalue weighted by molar-refractivity contribution is -0.136. The molecule has 2 heterocycles. The number of benzene rings is 1. The van der Waals surface area contributed by atoms with Gasteiger partial charge in [0.2, 0.25) is 17.6 Å². The molecule has 1 aliphatic heterocycles. The summed E-state index contributed by atoms with van der Waals surface area (Å²) in [5.41, 5.74) is 0.862. The molecule has 1 aromatic carbocycles. The number of carboxylic acid groups (broad SMARTS) is 1. The molecule has 42 heavy (non-hydrogen) atoms. The zero-order valence-corrected chi connectivity index (χ0v) is 24.9. The number of hydrogen-bond acceptors (Lipinski definition) is 8.